The highest BCUT2D eigenvalue weighted by atomic mass is 32.2. The Morgan fingerprint density at radius 2 is 1.94 bits per heavy atom. The third kappa shape index (κ3) is 3.03. The zero-order chi connectivity index (χ0) is 12.9. The molecule has 1 aromatic heterocycles. The van der Waals surface area contributed by atoms with Crippen LogP contribution in [0, 0.1) is 11.3 Å². The Kier molecular flexibility index (Phi) is 4.63. The molecular formula is C11H12N2O2S2. The van der Waals surface area contributed by atoms with E-state index < -0.39 is 10.0 Å². The van der Waals surface area contributed by atoms with Gasteiger partial charge in [-0.1, -0.05) is 12.2 Å². The fourth-order valence-electron chi connectivity index (χ4n) is 1.20. The van der Waals surface area contributed by atoms with E-state index in [9.17, 15) is 8.42 Å². The van der Waals surface area contributed by atoms with E-state index >= 15 is 0 Å². The third-order valence-corrected chi connectivity index (χ3v) is 5.24. The number of thiophene rings is 1. The minimum absolute atomic E-state index is 0.165. The van der Waals surface area contributed by atoms with Crippen molar-refractivity contribution in [1.29, 1.82) is 5.26 Å². The Morgan fingerprint density at radius 3 is 2.35 bits per heavy atom. The molecule has 0 N–H and O–H groups in total. The summed E-state index contributed by atoms with van der Waals surface area (Å²) in [6, 6.07) is 4.86. The van der Waals surface area contributed by atoms with Gasteiger partial charge in [-0.3, -0.25) is 0 Å². The van der Waals surface area contributed by atoms with Crippen molar-refractivity contribution in [3.05, 3.63) is 42.3 Å². The number of hydrogen-bond donors (Lipinski definition) is 0. The molecule has 0 unspecified atom stereocenters. The van der Waals surface area contributed by atoms with Crippen LogP contribution in [0.3, 0.4) is 0 Å². The first-order valence-electron chi connectivity index (χ1n) is 4.78. The quantitative estimate of drug-likeness (QED) is 0.741. The van der Waals surface area contributed by atoms with Crippen molar-refractivity contribution >= 4 is 21.4 Å². The predicted octanol–water partition coefficient (Wildman–Crippen LogP) is 1.98. The Morgan fingerprint density at radius 1 is 1.35 bits per heavy atom. The second-order valence-corrected chi connectivity index (χ2v) is 6.38. The van der Waals surface area contributed by atoms with Crippen LogP contribution in [0.5, 0.6) is 0 Å². The summed E-state index contributed by atoms with van der Waals surface area (Å²) in [7, 11) is -3.56. The lowest BCUT2D eigenvalue weighted by atomic mass is 10.5. The van der Waals surface area contributed by atoms with Gasteiger partial charge in [-0.15, -0.1) is 24.5 Å². The molecule has 90 valence electrons. The Hall–Kier alpha value is -1.42. The molecule has 0 radical (unpaired) electrons. The van der Waals surface area contributed by atoms with E-state index in [0.29, 0.717) is 4.88 Å². The van der Waals surface area contributed by atoms with Crippen LogP contribution in [-0.4, -0.2) is 25.8 Å². The van der Waals surface area contributed by atoms with E-state index in [1.807, 2.05) is 6.07 Å². The van der Waals surface area contributed by atoms with E-state index in [2.05, 4.69) is 13.2 Å². The zero-order valence-corrected chi connectivity index (χ0v) is 10.8. The molecule has 1 aromatic rings. The number of hydrogen-bond acceptors (Lipinski definition) is 4. The number of sulfonamides is 1. The minimum atomic E-state index is -3.56. The van der Waals surface area contributed by atoms with Crippen LogP contribution in [0.25, 0.3) is 0 Å². The van der Waals surface area contributed by atoms with Crippen LogP contribution >= 0.6 is 11.3 Å². The molecule has 0 atom stereocenters. The lowest BCUT2D eigenvalue weighted by Gasteiger charge is -2.17. The van der Waals surface area contributed by atoms with E-state index in [1.165, 1.54) is 28.6 Å². The summed E-state index contributed by atoms with van der Waals surface area (Å²) in [5, 5.41) is 8.68. The van der Waals surface area contributed by atoms with Crippen molar-refractivity contribution in [1.82, 2.24) is 4.31 Å². The summed E-state index contributed by atoms with van der Waals surface area (Å²) in [5.74, 6) is 0. The third-order valence-electron chi connectivity index (χ3n) is 1.95. The van der Waals surface area contributed by atoms with Gasteiger partial charge in [0.05, 0.1) is 0 Å². The Labute approximate surface area is 105 Å². The summed E-state index contributed by atoms with van der Waals surface area (Å²) in [5.41, 5.74) is 0. The molecule has 0 aliphatic heterocycles. The Bertz CT molecular complexity index is 542. The molecule has 17 heavy (non-hydrogen) atoms. The van der Waals surface area contributed by atoms with Gasteiger partial charge in [0.15, 0.2) is 0 Å². The second-order valence-electron chi connectivity index (χ2n) is 3.13. The first kappa shape index (κ1) is 13.6. The molecular weight excluding hydrogens is 256 g/mol. The van der Waals surface area contributed by atoms with Crippen molar-refractivity contribution in [3.63, 3.8) is 0 Å². The zero-order valence-electron chi connectivity index (χ0n) is 9.17. The molecule has 6 heteroatoms. The summed E-state index contributed by atoms with van der Waals surface area (Å²) in [4.78, 5) is 0.376. The summed E-state index contributed by atoms with van der Waals surface area (Å²) < 4.78 is 25.8. The summed E-state index contributed by atoms with van der Waals surface area (Å²) >= 11 is 0.961. The van der Waals surface area contributed by atoms with Gasteiger partial charge in [0.25, 0.3) is 10.0 Å². The fraction of sp³-hybridized carbons (Fsp3) is 0.182. The van der Waals surface area contributed by atoms with Crippen molar-refractivity contribution in [2.24, 2.45) is 0 Å². The average molecular weight is 268 g/mol. The van der Waals surface area contributed by atoms with Gasteiger partial charge in [0.1, 0.15) is 15.2 Å². The van der Waals surface area contributed by atoms with Crippen molar-refractivity contribution < 1.29 is 8.42 Å². The fourth-order valence-corrected chi connectivity index (χ4v) is 3.84. The van der Waals surface area contributed by atoms with Gasteiger partial charge < -0.3 is 0 Å². The van der Waals surface area contributed by atoms with Crippen LogP contribution in [0.4, 0.5) is 0 Å². The molecule has 1 rings (SSSR count). The molecule has 0 fully saturated rings. The van der Waals surface area contributed by atoms with Crippen molar-refractivity contribution in [3.8, 4) is 6.07 Å². The maximum atomic E-state index is 12.2. The predicted molar refractivity (Wildman–Crippen MR) is 68.2 cm³/mol. The van der Waals surface area contributed by atoms with Crippen LogP contribution in [0.1, 0.15) is 4.88 Å². The standard InChI is InChI=1S/C11H12N2O2S2/c1-3-7-13(8-4-2)17(14,15)11-6-5-10(9-12)16-11/h3-6H,1-2,7-8H2. The van der Waals surface area contributed by atoms with Crippen LogP contribution in [-0.2, 0) is 10.0 Å². The highest BCUT2D eigenvalue weighted by Crippen LogP contribution is 2.24. The molecule has 0 aromatic carbocycles. The number of nitrogens with zero attached hydrogens (tertiary/aromatic N) is 2. The van der Waals surface area contributed by atoms with Crippen molar-refractivity contribution in [2.45, 2.75) is 4.21 Å². The lowest BCUT2D eigenvalue weighted by Crippen LogP contribution is -2.30. The molecule has 0 aliphatic rings. The van der Waals surface area contributed by atoms with Crippen molar-refractivity contribution in [2.75, 3.05) is 13.1 Å². The molecule has 0 saturated heterocycles. The first-order chi connectivity index (χ1) is 8.06. The maximum absolute atomic E-state index is 12.2. The lowest BCUT2D eigenvalue weighted by molar-refractivity contribution is 0.476. The van der Waals surface area contributed by atoms with Gasteiger partial charge in [-0.2, -0.15) is 9.57 Å². The minimum Gasteiger partial charge on any atom is -0.206 e. The van der Waals surface area contributed by atoms with E-state index in [4.69, 9.17) is 5.26 Å². The maximum Gasteiger partial charge on any atom is 0.253 e. The molecule has 0 amide bonds. The topological polar surface area (TPSA) is 61.2 Å². The second kappa shape index (κ2) is 5.77. The number of nitriles is 1. The largest absolute Gasteiger partial charge is 0.253 e. The van der Waals surface area contributed by atoms with Gasteiger partial charge >= 0.3 is 0 Å². The van der Waals surface area contributed by atoms with E-state index in [1.54, 1.807) is 0 Å². The van der Waals surface area contributed by atoms with Gasteiger partial charge in [0.2, 0.25) is 0 Å². The summed E-state index contributed by atoms with van der Waals surface area (Å²) in [6.07, 6.45) is 3.03. The summed E-state index contributed by atoms with van der Waals surface area (Å²) in [6.45, 7) is 7.48. The molecule has 0 saturated carbocycles. The van der Waals surface area contributed by atoms with Crippen LogP contribution in [0.15, 0.2) is 41.7 Å². The molecule has 0 aliphatic carbocycles. The first-order valence-corrected chi connectivity index (χ1v) is 7.03. The van der Waals surface area contributed by atoms with Gasteiger partial charge in [0, 0.05) is 13.1 Å². The monoisotopic (exact) mass is 268 g/mol. The van der Waals surface area contributed by atoms with E-state index in [0.717, 1.165) is 11.3 Å². The normalized spacial score (nSPS) is 11.1. The van der Waals surface area contributed by atoms with Crippen LogP contribution < -0.4 is 0 Å². The molecule has 1 heterocycles. The SMILES string of the molecule is C=CCN(CC=C)S(=O)(=O)c1ccc(C#N)s1. The average Bonchev–Trinajstić information content (AvgIpc) is 2.78. The van der Waals surface area contributed by atoms with Gasteiger partial charge in [-0.05, 0) is 12.1 Å². The van der Waals surface area contributed by atoms with Gasteiger partial charge in [-0.25, -0.2) is 8.42 Å². The molecule has 0 bridgehead atoms. The van der Waals surface area contributed by atoms with E-state index in [-0.39, 0.29) is 17.3 Å². The molecule has 4 nitrogen and oxygen atoms in total. The Balaban J connectivity index is 3.11. The smallest absolute Gasteiger partial charge is 0.206 e. The number of rotatable bonds is 6. The highest BCUT2D eigenvalue weighted by Gasteiger charge is 2.24. The van der Waals surface area contributed by atoms with Crippen LogP contribution in [0.2, 0.25) is 0 Å². The highest BCUT2D eigenvalue weighted by molar-refractivity contribution is 7.91. The molecule has 0 spiro atoms.